The number of nitrogens with one attached hydrogen (secondary N) is 2. The molecule has 0 spiro atoms. The average Bonchev–Trinajstić information content (AvgIpc) is 3.53. The molecule has 0 aliphatic carbocycles. The van der Waals surface area contributed by atoms with Gasteiger partial charge in [0.05, 0.1) is 30.1 Å². The van der Waals surface area contributed by atoms with Crippen LogP contribution in [0.2, 0.25) is 0 Å². The van der Waals surface area contributed by atoms with Crippen molar-refractivity contribution in [2.75, 3.05) is 31.7 Å². The number of halogens is 1. The molecule has 9 nitrogen and oxygen atoms in total. The predicted molar refractivity (Wildman–Crippen MR) is 143 cm³/mol. The minimum absolute atomic E-state index is 0.0924. The van der Waals surface area contributed by atoms with Gasteiger partial charge in [0.15, 0.2) is 0 Å². The van der Waals surface area contributed by atoms with Crippen LogP contribution in [0.25, 0.3) is 10.4 Å². The number of nitrogens with two attached hydrogens (primary N) is 1. The quantitative estimate of drug-likeness (QED) is 0.290. The summed E-state index contributed by atoms with van der Waals surface area (Å²) in [6.45, 7) is 5.14. The van der Waals surface area contributed by atoms with Crippen molar-refractivity contribution >= 4 is 34.0 Å². The number of pyridine rings is 1. The number of thiophene rings is 1. The summed E-state index contributed by atoms with van der Waals surface area (Å²) in [6, 6.07) is 11.2. The van der Waals surface area contributed by atoms with E-state index in [0.29, 0.717) is 46.0 Å². The van der Waals surface area contributed by atoms with Crippen LogP contribution in [0.4, 0.5) is 15.2 Å². The highest BCUT2D eigenvalue weighted by Gasteiger charge is 2.21. The second-order valence-electron chi connectivity index (χ2n) is 9.64. The van der Waals surface area contributed by atoms with Gasteiger partial charge in [-0.05, 0) is 50.1 Å². The van der Waals surface area contributed by atoms with Crippen LogP contribution in [0.15, 0.2) is 42.5 Å². The number of benzene rings is 1. The third kappa shape index (κ3) is 7.13. The van der Waals surface area contributed by atoms with Crippen molar-refractivity contribution in [1.82, 2.24) is 10.3 Å². The molecule has 1 aliphatic rings. The van der Waals surface area contributed by atoms with Gasteiger partial charge in [0.25, 0.3) is 5.91 Å². The van der Waals surface area contributed by atoms with Gasteiger partial charge in [0.2, 0.25) is 5.91 Å². The van der Waals surface area contributed by atoms with E-state index < -0.39 is 17.3 Å². The summed E-state index contributed by atoms with van der Waals surface area (Å²) >= 11 is 1.16. The summed E-state index contributed by atoms with van der Waals surface area (Å²) in [6.07, 6.45) is 0.942. The minimum atomic E-state index is -1.19. The zero-order valence-corrected chi connectivity index (χ0v) is 22.1. The largest absolute Gasteiger partial charge is 0.386 e. The number of anilines is 2. The van der Waals surface area contributed by atoms with Crippen molar-refractivity contribution in [1.29, 1.82) is 0 Å². The van der Waals surface area contributed by atoms with E-state index in [2.05, 4.69) is 15.6 Å². The molecule has 202 valence electrons. The molecule has 2 aromatic heterocycles. The molecule has 0 saturated carbocycles. The summed E-state index contributed by atoms with van der Waals surface area (Å²) in [7, 11) is 0. The van der Waals surface area contributed by atoms with Gasteiger partial charge in [-0.15, -0.1) is 11.3 Å². The fourth-order valence-electron chi connectivity index (χ4n) is 3.94. The Bertz CT molecular complexity index is 1300. The molecule has 38 heavy (non-hydrogen) atoms. The van der Waals surface area contributed by atoms with Crippen LogP contribution in [-0.2, 0) is 26.5 Å². The van der Waals surface area contributed by atoms with Gasteiger partial charge < -0.3 is 30.9 Å². The van der Waals surface area contributed by atoms with E-state index in [4.69, 9.17) is 15.2 Å². The van der Waals surface area contributed by atoms with Crippen molar-refractivity contribution in [3.63, 3.8) is 0 Å². The minimum Gasteiger partial charge on any atom is -0.386 e. The number of carbonyl (C=O) groups is 2. The van der Waals surface area contributed by atoms with Crippen molar-refractivity contribution < 1.29 is 28.6 Å². The van der Waals surface area contributed by atoms with E-state index in [0.717, 1.165) is 24.4 Å². The molecule has 5 N–H and O–H groups in total. The highest BCUT2D eigenvalue weighted by Crippen LogP contribution is 2.38. The topological polar surface area (TPSA) is 136 Å². The number of nitrogens with zero attached hydrogens (tertiary/aromatic N) is 1. The number of rotatable bonds is 11. The number of hydrogen-bond acceptors (Lipinski definition) is 8. The Hall–Kier alpha value is -3.38. The van der Waals surface area contributed by atoms with Crippen LogP contribution in [0.5, 0.6) is 0 Å². The third-order valence-corrected chi connectivity index (χ3v) is 7.17. The van der Waals surface area contributed by atoms with Gasteiger partial charge in [0, 0.05) is 29.5 Å². The standard InChI is InChI=1S/C27H31FN4O5S/c1-27(2,35)17-6-7-19(21(28)10-17)22-11-20(25(29)34)26(38-22)32-23-5-3-4-18(31-23)14-37-15-24(33)30-12-16-8-9-36-13-16/h3-7,10-11,16,35H,8-9,12-15H2,1-2H3,(H2,29,34)(H,30,33)(H,31,32). The molecule has 2 amide bonds. The Kier molecular flexibility index (Phi) is 8.72. The molecule has 1 aliphatic heterocycles. The normalized spacial score (nSPS) is 15.4. The van der Waals surface area contributed by atoms with E-state index in [1.54, 1.807) is 44.2 Å². The highest BCUT2D eigenvalue weighted by molar-refractivity contribution is 7.19. The number of primary amides is 1. The van der Waals surface area contributed by atoms with Crippen LogP contribution in [0.3, 0.4) is 0 Å². The fourth-order valence-corrected chi connectivity index (χ4v) is 5.04. The lowest BCUT2D eigenvalue weighted by molar-refractivity contribution is -0.126. The summed E-state index contributed by atoms with van der Waals surface area (Å²) in [4.78, 5) is 29.1. The molecule has 1 atom stereocenters. The average molecular weight is 543 g/mol. The molecule has 3 heterocycles. The molecular weight excluding hydrogens is 511 g/mol. The lowest BCUT2D eigenvalue weighted by Gasteiger charge is -2.18. The first-order valence-electron chi connectivity index (χ1n) is 12.2. The van der Waals surface area contributed by atoms with Gasteiger partial charge in [-0.2, -0.15) is 0 Å². The number of aromatic nitrogens is 1. The molecular formula is C27H31FN4O5S. The van der Waals surface area contributed by atoms with Gasteiger partial charge >= 0.3 is 0 Å². The molecule has 1 fully saturated rings. The molecule has 0 radical (unpaired) electrons. The number of carbonyl (C=O) groups excluding carboxylic acids is 2. The Morgan fingerprint density at radius 3 is 2.79 bits per heavy atom. The highest BCUT2D eigenvalue weighted by atomic mass is 32.1. The lowest BCUT2D eigenvalue weighted by Crippen LogP contribution is -2.32. The first-order chi connectivity index (χ1) is 18.1. The van der Waals surface area contributed by atoms with Crippen molar-refractivity contribution in [2.24, 2.45) is 11.7 Å². The molecule has 1 unspecified atom stereocenters. The molecule has 11 heteroatoms. The summed E-state index contributed by atoms with van der Waals surface area (Å²) in [5.74, 6) is -0.615. The van der Waals surface area contributed by atoms with E-state index in [9.17, 15) is 19.1 Å². The number of aliphatic hydroxyl groups is 1. The maximum absolute atomic E-state index is 14.9. The first-order valence-corrected chi connectivity index (χ1v) is 13.0. The van der Waals surface area contributed by atoms with Gasteiger partial charge in [-0.25, -0.2) is 9.37 Å². The van der Waals surface area contributed by atoms with Gasteiger partial charge in [-0.1, -0.05) is 18.2 Å². The SMILES string of the molecule is CC(C)(O)c1ccc(-c2cc(C(N)=O)c(Nc3cccc(COCC(=O)NCC4CCOC4)n3)s2)c(F)c1. The van der Waals surface area contributed by atoms with Gasteiger partial charge in [0.1, 0.15) is 23.2 Å². The number of amides is 2. The second kappa shape index (κ2) is 12.0. The Morgan fingerprint density at radius 1 is 1.29 bits per heavy atom. The fraction of sp³-hybridized carbons (Fsp3) is 0.370. The van der Waals surface area contributed by atoms with E-state index in [1.165, 1.54) is 12.1 Å². The maximum atomic E-state index is 14.9. The molecule has 0 bridgehead atoms. The number of hydrogen-bond donors (Lipinski definition) is 4. The summed E-state index contributed by atoms with van der Waals surface area (Å²) < 4.78 is 25.7. The molecule has 4 rings (SSSR count). The van der Waals surface area contributed by atoms with Crippen LogP contribution >= 0.6 is 11.3 Å². The van der Waals surface area contributed by atoms with Gasteiger partial charge in [-0.3, -0.25) is 9.59 Å². The lowest BCUT2D eigenvalue weighted by atomic mass is 9.96. The molecule has 3 aromatic rings. The second-order valence-corrected chi connectivity index (χ2v) is 10.7. The van der Waals surface area contributed by atoms with Crippen LogP contribution in [0, 0.1) is 11.7 Å². The van der Waals surface area contributed by atoms with E-state index in [1.807, 2.05) is 0 Å². The Balaban J connectivity index is 1.41. The maximum Gasteiger partial charge on any atom is 0.251 e. The van der Waals surface area contributed by atoms with Crippen molar-refractivity contribution in [3.05, 3.63) is 65.1 Å². The zero-order chi connectivity index (χ0) is 27.3. The van der Waals surface area contributed by atoms with E-state index >= 15 is 0 Å². The Labute approximate surface area is 224 Å². The molecule has 1 saturated heterocycles. The van der Waals surface area contributed by atoms with Crippen molar-refractivity contribution in [2.45, 2.75) is 32.5 Å². The first kappa shape index (κ1) is 27.6. The summed E-state index contributed by atoms with van der Waals surface area (Å²) in [5, 5.41) is 16.5. The van der Waals surface area contributed by atoms with Crippen LogP contribution in [0.1, 0.15) is 41.9 Å². The van der Waals surface area contributed by atoms with E-state index in [-0.39, 0.29) is 30.2 Å². The zero-order valence-electron chi connectivity index (χ0n) is 21.3. The summed E-state index contributed by atoms with van der Waals surface area (Å²) in [5.41, 5.74) is 5.90. The monoisotopic (exact) mass is 542 g/mol. The third-order valence-electron chi connectivity index (χ3n) is 6.08. The van der Waals surface area contributed by atoms with Crippen LogP contribution in [-0.4, -0.2) is 48.3 Å². The van der Waals surface area contributed by atoms with Crippen LogP contribution < -0.4 is 16.4 Å². The Morgan fingerprint density at radius 2 is 2.11 bits per heavy atom. The predicted octanol–water partition coefficient (Wildman–Crippen LogP) is 3.69. The van der Waals surface area contributed by atoms with Crippen molar-refractivity contribution in [3.8, 4) is 10.4 Å². The number of ether oxygens (including phenoxy) is 2. The smallest absolute Gasteiger partial charge is 0.251 e. The molecule has 1 aromatic carbocycles.